The van der Waals surface area contributed by atoms with Crippen molar-refractivity contribution < 1.29 is 14.3 Å². The van der Waals surface area contributed by atoms with Crippen LogP contribution in [0.4, 0.5) is 0 Å². The maximum Gasteiger partial charge on any atom is 0.350 e. The molecule has 1 amide bonds. The summed E-state index contributed by atoms with van der Waals surface area (Å²) in [6, 6.07) is -0.157. The van der Waals surface area contributed by atoms with Crippen molar-refractivity contribution in [2.24, 2.45) is 10.4 Å². The van der Waals surface area contributed by atoms with E-state index in [-0.39, 0.29) is 41.9 Å². The van der Waals surface area contributed by atoms with Gasteiger partial charge >= 0.3 is 5.97 Å². The van der Waals surface area contributed by atoms with Crippen LogP contribution in [0.3, 0.4) is 0 Å². The summed E-state index contributed by atoms with van der Waals surface area (Å²) in [5, 5.41) is 10.0. The first kappa shape index (κ1) is 26.6. The number of esters is 1. The van der Waals surface area contributed by atoms with Gasteiger partial charge in [-0.2, -0.15) is 0 Å². The normalized spacial score (nSPS) is 12.6. The van der Waals surface area contributed by atoms with Gasteiger partial charge in [0.2, 0.25) is 5.91 Å². The Hall–Kier alpha value is -1.43. The Morgan fingerprint density at radius 2 is 1.93 bits per heavy atom. The molecule has 0 aliphatic rings. The summed E-state index contributed by atoms with van der Waals surface area (Å²) >= 11 is 1.31. The molecule has 0 aliphatic carbocycles. The van der Waals surface area contributed by atoms with Crippen molar-refractivity contribution in [1.29, 1.82) is 0 Å². The fourth-order valence-electron chi connectivity index (χ4n) is 2.23. The Bertz CT molecular complexity index is 691. The van der Waals surface area contributed by atoms with Gasteiger partial charge in [0.25, 0.3) is 0 Å². The molecule has 0 spiro atoms. The first-order valence-electron chi connectivity index (χ1n) is 9.06. The van der Waals surface area contributed by atoms with Gasteiger partial charge < -0.3 is 20.7 Å². The van der Waals surface area contributed by atoms with Crippen molar-refractivity contribution in [3.05, 3.63) is 15.6 Å². The Morgan fingerprint density at radius 1 is 1.29 bits per heavy atom. The molecule has 0 radical (unpaired) electrons. The van der Waals surface area contributed by atoms with Crippen molar-refractivity contribution in [3.8, 4) is 0 Å². The Kier molecular flexibility index (Phi) is 11.6. The van der Waals surface area contributed by atoms with Gasteiger partial charge in [-0.25, -0.2) is 9.78 Å². The van der Waals surface area contributed by atoms with E-state index in [1.54, 1.807) is 20.9 Å². The highest BCUT2D eigenvalue weighted by atomic mass is 127. The van der Waals surface area contributed by atoms with Crippen molar-refractivity contribution in [2.75, 3.05) is 26.7 Å². The van der Waals surface area contributed by atoms with Crippen LogP contribution in [0.5, 0.6) is 0 Å². The summed E-state index contributed by atoms with van der Waals surface area (Å²) < 4.78 is 5.06. The molecule has 0 aliphatic heterocycles. The lowest BCUT2D eigenvalue weighted by Gasteiger charge is -2.25. The average Bonchev–Trinajstić information content (AvgIpc) is 3.00. The largest absolute Gasteiger partial charge is 0.462 e. The van der Waals surface area contributed by atoms with Crippen LogP contribution in [0.25, 0.3) is 0 Å². The average molecular weight is 525 g/mol. The van der Waals surface area contributed by atoms with Crippen LogP contribution < -0.4 is 16.0 Å². The summed E-state index contributed by atoms with van der Waals surface area (Å²) in [6.07, 6.45) is 0. The van der Waals surface area contributed by atoms with Crippen LogP contribution in [-0.2, 0) is 9.53 Å². The minimum atomic E-state index is -0.578. The predicted octanol–water partition coefficient (Wildman–Crippen LogP) is 2.63. The maximum atomic E-state index is 12.1. The Morgan fingerprint density at radius 3 is 2.46 bits per heavy atom. The van der Waals surface area contributed by atoms with E-state index in [9.17, 15) is 9.59 Å². The number of aliphatic imine (C=N–C) groups is 1. The van der Waals surface area contributed by atoms with E-state index in [4.69, 9.17) is 4.74 Å². The number of thiazole rings is 1. The fourth-order valence-corrected chi connectivity index (χ4v) is 3.20. The van der Waals surface area contributed by atoms with Gasteiger partial charge in [-0.3, -0.25) is 9.79 Å². The highest BCUT2D eigenvalue weighted by Crippen LogP contribution is 2.24. The molecule has 1 rings (SSSR count). The molecule has 1 aromatic rings. The molecule has 10 heteroatoms. The summed E-state index contributed by atoms with van der Waals surface area (Å²) in [5.74, 6) is 0.193. The minimum absolute atomic E-state index is 0. The number of nitrogens with zero attached hydrogens (tertiary/aromatic N) is 2. The smallest absolute Gasteiger partial charge is 0.350 e. The van der Waals surface area contributed by atoms with Gasteiger partial charge in [-0.05, 0) is 41.5 Å². The van der Waals surface area contributed by atoms with Crippen LogP contribution in [0.15, 0.2) is 4.99 Å². The van der Waals surface area contributed by atoms with Gasteiger partial charge in [0.1, 0.15) is 9.88 Å². The van der Waals surface area contributed by atoms with Gasteiger partial charge in [0.15, 0.2) is 5.96 Å². The number of hydrogen-bond donors (Lipinski definition) is 3. The van der Waals surface area contributed by atoms with Gasteiger partial charge in [-0.1, -0.05) is 0 Å². The van der Waals surface area contributed by atoms with E-state index in [1.165, 1.54) is 11.3 Å². The van der Waals surface area contributed by atoms with Crippen LogP contribution >= 0.6 is 35.3 Å². The number of rotatable bonds is 8. The summed E-state index contributed by atoms with van der Waals surface area (Å²) in [6.45, 7) is 12.5. The van der Waals surface area contributed by atoms with Gasteiger partial charge in [0.05, 0.1) is 23.8 Å². The van der Waals surface area contributed by atoms with Gasteiger partial charge in [0, 0.05) is 20.1 Å². The summed E-state index contributed by atoms with van der Waals surface area (Å²) in [7, 11) is 1.66. The standard InChI is InChI=1S/C18H31N5O3S.HI/c1-8-20-16(25)18(5,6)10-21-17(19-7)23-12(4)14-22-11(3)13(27-14)15(24)26-9-2;/h12H,8-10H2,1-7H3,(H,20,25)(H2,19,21,23);1H. The number of hydrogen-bond acceptors (Lipinski definition) is 6. The molecule has 1 aromatic heterocycles. The Balaban J connectivity index is 0.00000729. The highest BCUT2D eigenvalue weighted by Gasteiger charge is 2.27. The first-order valence-corrected chi connectivity index (χ1v) is 9.87. The third kappa shape index (κ3) is 7.53. The first-order chi connectivity index (χ1) is 12.7. The number of amides is 1. The molecule has 1 unspecified atom stereocenters. The second-order valence-corrected chi connectivity index (χ2v) is 7.75. The second kappa shape index (κ2) is 12.2. The molecule has 160 valence electrons. The number of ether oxygens (including phenoxy) is 1. The van der Waals surface area contributed by atoms with E-state index in [0.717, 1.165) is 5.01 Å². The SMILES string of the molecule is CCNC(=O)C(C)(C)CNC(=NC)NC(C)c1nc(C)c(C(=O)OCC)s1.I. The van der Waals surface area contributed by atoms with E-state index < -0.39 is 5.41 Å². The van der Waals surface area contributed by atoms with Crippen molar-refractivity contribution in [2.45, 2.75) is 47.6 Å². The zero-order valence-electron chi connectivity index (χ0n) is 17.6. The van der Waals surface area contributed by atoms with Crippen LogP contribution in [0.2, 0.25) is 0 Å². The molecule has 0 saturated carbocycles. The monoisotopic (exact) mass is 525 g/mol. The molecule has 1 heterocycles. The molecule has 8 nitrogen and oxygen atoms in total. The van der Waals surface area contributed by atoms with E-state index in [2.05, 4.69) is 25.9 Å². The topological polar surface area (TPSA) is 105 Å². The predicted molar refractivity (Wildman–Crippen MR) is 124 cm³/mol. The summed E-state index contributed by atoms with van der Waals surface area (Å²) in [4.78, 5) is 33.3. The third-order valence-corrected chi connectivity index (χ3v) is 5.19. The molecule has 0 saturated heterocycles. The maximum absolute atomic E-state index is 12.1. The number of carbonyl (C=O) groups is 2. The molecule has 1 atom stereocenters. The Labute approximate surface area is 188 Å². The van der Waals surface area contributed by atoms with Crippen LogP contribution in [0.1, 0.15) is 61.0 Å². The quantitative estimate of drug-likeness (QED) is 0.209. The van der Waals surface area contributed by atoms with Crippen molar-refractivity contribution in [3.63, 3.8) is 0 Å². The molecule has 0 fully saturated rings. The van der Waals surface area contributed by atoms with Crippen LogP contribution in [0, 0.1) is 12.3 Å². The molecular formula is C18H32IN5O3S. The molecule has 28 heavy (non-hydrogen) atoms. The molecule has 0 aromatic carbocycles. The second-order valence-electron chi connectivity index (χ2n) is 6.72. The lowest BCUT2D eigenvalue weighted by atomic mass is 9.92. The number of aryl methyl sites for hydroxylation is 1. The highest BCUT2D eigenvalue weighted by molar-refractivity contribution is 14.0. The molecule has 0 bridgehead atoms. The zero-order chi connectivity index (χ0) is 20.6. The number of guanidine groups is 1. The number of aromatic nitrogens is 1. The lowest BCUT2D eigenvalue weighted by molar-refractivity contribution is -0.128. The molecular weight excluding hydrogens is 493 g/mol. The number of halogens is 1. The van der Waals surface area contributed by atoms with Crippen molar-refractivity contribution >= 4 is 53.1 Å². The van der Waals surface area contributed by atoms with E-state index in [0.29, 0.717) is 36.2 Å². The van der Waals surface area contributed by atoms with Crippen LogP contribution in [-0.4, -0.2) is 49.6 Å². The molecule has 3 N–H and O–H groups in total. The third-order valence-electron chi connectivity index (χ3n) is 3.87. The minimum Gasteiger partial charge on any atom is -0.462 e. The summed E-state index contributed by atoms with van der Waals surface area (Å²) in [5.41, 5.74) is 0.0774. The number of carbonyl (C=O) groups excluding carboxylic acids is 2. The zero-order valence-corrected chi connectivity index (χ0v) is 20.8. The van der Waals surface area contributed by atoms with E-state index >= 15 is 0 Å². The van der Waals surface area contributed by atoms with E-state index in [1.807, 2.05) is 27.7 Å². The number of nitrogens with one attached hydrogen (secondary N) is 3. The van der Waals surface area contributed by atoms with Gasteiger partial charge in [-0.15, -0.1) is 35.3 Å². The fraction of sp³-hybridized carbons (Fsp3) is 0.667. The van der Waals surface area contributed by atoms with Crippen molar-refractivity contribution in [1.82, 2.24) is 20.9 Å². The lowest BCUT2D eigenvalue weighted by Crippen LogP contribution is -2.48.